The van der Waals surface area contributed by atoms with Crippen LogP contribution in [0, 0.1) is 0 Å². The van der Waals surface area contributed by atoms with Crippen molar-refractivity contribution in [2.75, 3.05) is 6.54 Å². The molecule has 21 heavy (non-hydrogen) atoms. The second-order valence-corrected chi connectivity index (χ2v) is 6.72. The summed E-state index contributed by atoms with van der Waals surface area (Å²) < 4.78 is 28.8. The minimum absolute atomic E-state index is 0.199. The van der Waals surface area contributed by atoms with E-state index >= 15 is 0 Å². The van der Waals surface area contributed by atoms with E-state index in [1.165, 1.54) is 0 Å². The van der Waals surface area contributed by atoms with Crippen LogP contribution in [0.5, 0.6) is 0 Å². The lowest BCUT2D eigenvalue weighted by molar-refractivity contribution is 0.579. The Morgan fingerprint density at radius 3 is 2.76 bits per heavy atom. The van der Waals surface area contributed by atoms with Gasteiger partial charge in [0.2, 0.25) is 10.0 Å². The first-order valence-corrected chi connectivity index (χ1v) is 8.20. The Bertz CT molecular complexity index is 707. The minimum atomic E-state index is -3.52. The van der Waals surface area contributed by atoms with Crippen LogP contribution in [0.15, 0.2) is 41.4 Å². The van der Waals surface area contributed by atoms with E-state index in [0.29, 0.717) is 13.0 Å². The highest BCUT2D eigenvalue weighted by Crippen LogP contribution is 2.15. The number of nitrogens with one attached hydrogen (secondary N) is 1. The summed E-state index contributed by atoms with van der Waals surface area (Å²) in [5.41, 5.74) is 7.55. The Hall–Kier alpha value is -1.70. The fourth-order valence-electron chi connectivity index (χ4n) is 2.01. The van der Waals surface area contributed by atoms with Gasteiger partial charge in [-0.25, -0.2) is 13.1 Å². The Kier molecular flexibility index (Phi) is 4.76. The van der Waals surface area contributed by atoms with E-state index in [4.69, 9.17) is 5.73 Å². The highest BCUT2D eigenvalue weighted by Gasteiger charge is 2.14. The summed E-state index contributed by atoms with van der Waals surface area (Å²) in [5.74, 6) is 0. The highest BCUT2D eigenvalue weighted by atomic mass is 32.2. The van der Waals surface area contributed by atoms with Crippen molar-refractivity contribution in [3.05, 3.63) is 47.8 Å². The minimum Gasteiger partial charge on any atom is -0.324 e. The molecule has 6 nitrogen and oxygen atoms in total. The highest BCUT2D eigenvalue weighted by molar-refractivity contribution is 7.89. The summed E-state index contributed by atoms with van der Waals surface area (Å²) in [5, 5.41) is 4.05. The second kappa shape index (κ2) is 6.38. The zero-order valence-electron chi connectivity index (χ0n) is 12.2. The van der Waals surface area contributed by atoms with Crippen molar-refractivity contribution in [2.24, 2.45) is 12.8 Å². The number of sulfonamides is 1. The summed E-state index contributed by atoms with van der Waals surface area (Å²) >= 11 is 0. The zero-order valence-corrected chi connectivity index (χ0v) is 13.0. The average molecular weight is 308 g/mol. The Morgan fingerprint density at radius 2 is 2.14 bits per heavy atom. The van der Waals surface area contributed by atoms with E-state index in [-0.39, 0.29) is 10.9 Å². The first-order chi connectivity index (χ1) is 9.90. The number of aryl methyl sites for hydroxylation is 1. The van der Waals surface area contributed by atoms with E-state index < -0.39 is 10.0 Å². The molecule has 0 saturated heterocycles. The zero-order chi connectivity index (χ0) is 15.5. The molecule has 0 amide bonds. The lowest BCUT2D eigenvalue weighted by Crippen LogP contribution is -2.26. The monoisotopic (exact) mass is 308 g/mol. The normalized spacial score (nSPS) is 13.3. The molecule has 0 aliphatic heterocycles. The van der Waals surface area contributed by atoms with Crippen molar-refractivity contribution >= 4 is 10.0 Å². The van der Waals surface area contributed by atoms with Gasteiger partial charge in [0, 0.05) is 37.9 Å². The molecule has 0 aliphatic rings. The third kappa shape index (κ3) is 3.90. The van der Waals surface area contributed by atoms with Crippen LogP contribution in [0.2, 0.25) is 0 Å². The maximum atomic E-state index is 12.2. The fraction of sp³-hybridized carbons (Fsp3) is 0.357. The number of nitrogens with two attached hydrogens (primary N) is 1. The van der Waals surface area contributed by atoms with E-state index in [0.717, 1.165) is 11.3 Å². The van der Waals surface area contributed by atoms with Gasteiger partial charge < -0.3 is 5.73 Å². The Morgan fingerprint density at radius 1 is 1.38 bits per heavy atom. The molecule has 1 unspecified atom stereocenters. The van der Waals surface area contributed by atoms with Gasteiger partial charge in [0.1, 0.15) is 0 Å². The molecule has 1 aromatic carbocycles. The van der Waals surface area contributed by atoms with Crippen molar-refractivity contribution < 1.29 is 8.42 Å². The molecule has 0 fully saturated rings. The first-order valence-electron chi connectivity index (χ1n) is 6.72. The average Bonchev–Trinajstić information content (AvgIpc) is 2.84. The van der Waals surface area contributed by atoms with Gasteiger partial charge in [0.15, 0.2) is 0 Å². The third-order valence-electron chi connectivity index (χ3n) is 3.29. The van der Waals surface area contributed by atoms with Gasteiger partial charge >= 0.3 is 0 Å². The van der Waals surface area contributed by atoms with Crippen LogP contribution in [-0.4, -0.2) is 24.7 Å². The van der Waals surface area contributed by atoms with Crippen LogP contribution in [-0.2, 0) is 23.5 Å². The lowest BCUT2D eigenvalue weighted by Gasteiger charge is -2.10. The maximum absolute atomic E-state index is 12.2. The van der Waals surface area contributed by atoms with Gasteiger partial charge in [-0.15, -0.1) is 0 Å². The van der Waals surface area contributed by atoms with Gasteiger partial charge in [-0.1, -0.05) is 12.1 Å². The lowest BCUT2D eigenvalue weighted by atomic mass is 10.1. The molecular formula is C14H20N4O2S. The summed E-state index contributed by atoms with van der Waals surface area (Å²) in [6.07, 6.45) is 2.28. The third-order valence-corrected chi connectivity index (χ3v) is 4.75. The van der Waals surface area contributed by atoms with Crippen LogP contribution < -0.4 is 10.5 Å². The number of hydrogen-bond donors (Lipinski definition) is 2. The van der Waals surface area contributed by atoms with Crippen LogP contribution in [0.25, 0.3) is 0 Å². The van der Waals surface area contributed by atoms with E-state index in [1.54, 1.807) is 29.1 Å². The standard InChI is InChI=1S/C14H20N4O2S/c1-11(15)12-4-3-5-14(10-12)21(19,20)17-9-7-13-6-8-16-18(13)2/h3-6,8,10-11,17H,7,9,15H2,1-2H3. The van der Waals surface area contributed by atoms with Gasteiger partial charge in [-0.2, -0.15) is 5.10 Å². The molecule has 2 aromatic rings. The first kappa shape index (κ1) is 15.7. The topological polar surface area (TPSA) is 90.0 Å². The molecule has 1 heterocycles. The predicted octanol–water partition coefficient (Wildman–Crippen LogP) is 0.961. The Balaban J connectivity index is 2.05. The number of rotatable bonds is 6. The molecule has 0 spiro atoms. The largest absolute Gasteiger partial charge is 0.324 e. The number of aromatic nitrogens is 2. The molecule has 0 bridgehead atoms. The quantitative estimate of drug-likeness (QED) is 0.831. The second-order valence-electron chi connectivity index (χ2n) is 4.96. The fourth-order valence-corrected chi connectivity index (χ4v) is 3.09. The maximum Gasteiger partial charge on any atom is 0.240 e. The van der Waals surface area contributed by atoms with Crippen molar-refractivity contribution in [2.45, 2.75) is 24.3 Å². The molecule has 2 rings (SSSR count). The molecule has 0 radical (unpaired) electrons. The number of hydrogen-bond acceptors (Lipinski definition) is 4. The van der Waals surface area contributed by atoms with Crippen molar-refractivity contribution in [1.29, 1.82) is 0 Å². The summed E-state index contributed by atoms with van der Waals surface area (Å²) in [7, 11) is -1.69. The van der Waals surface area contributed by atoms with Crippen LogP contribution >= 0.6 is 0 Å². The Labute approximate surface area is 125 Å². The molecule has 1 atom stereocenters. The molecule has 7 heteroatoms. The number of benzene rings is 1. The molecule has 3 N–H and O–H groups in total. The van der Waals surface area contributed by atoms with Crippen LogP contribution in [0.1, 0.15) is 24.2 Å². The smallest absolute Gasteiger partial charge is 0.240 e. The molecule has 0 saturated carbocycles. The predicted molar refractivity (Wildman–Crippen MR) is 81.1 cm³/mol. The van der Waals surface area contributed by atoms with Crippen LogP contribution in [0.4, 0.5) is 0 Å². The van der Waals surface area contributed by atoms with E-state index in [9.17, 15) is 8.42 Å². The van der Waals surface area contributed by atoms with Crippen molar-refractivity contribution in [3.63, 3.8) is 0 Å². The van der Waals surface area contributed by atoms with Gasteiger partial charge in [-0.3, -0.25) is 4.68 Å². The van der Waals surface area contributed by atoms with Gasteiger partial charge in [0.25, 0.3) is 0 Å². The van der Waals surface area contributed by atoms with E-state index in [1.807, 2.05) is 26.1 Å². The summed E-state index contributed by atoms with van der Waals surface area (Å²) in [6, 6.07) is 8.36. The summed E-state index contributed by atoms with van der Waals surface area (Å²) in [4.78, 5) is 0.238. The molecule has 0 aliphatic carbocycles. The molecule has 114 valence electrons. The van der Waals surface area contributed by atoms with Gasteiger partial charge in [-0.05, 0) is 30.7 Å². The SMILES string of the molecule is CC(N)c1cccc(S(=O)(=O)NCCc2ccnn2C)c1. The molecule has 1 aromatic heterocycles. The number of nitrogens with zero attached hydrogens (tertiary/aromatic N) is 2. The summed E-state index contributed by atoms with van der Waals surface area (Å²) in [6.45, 7) is 2.14. The van der Waals surface area contributed by atoms with Crippen molar-refractivity contribution in [1.82, 2.24) is 14.5 Å². The van der Waals surface area contributed by atoms with Gasteiger partial charge in [0.05, 0.1) is 4.90 Å². The van der Waals surface area contributed by atoms with Crippen LogP contribution in [0.3, 0.4) is 0 Å². The van der Waals surface area contributed by atoms with Crippen molar-refractivity contribution in [3.8, 4) is 0 Å². The molecular weight excluding hydrogens is 288 g/mol. The van der Waals surface area contributed by atoms with E-state index in [2.05, 4.69) is 9.82 Å².